The summed E-state index contributed by atoms with van der Waals surface area (Å²) in [5.41, 5.74) is 2.98. The molecule has 0 atom stereocenters. The molecule has 5 nitrogen and oxygen atoms in total. The fraction of sp³-hybridized carbons (Fsp3) is 0.300. The molecule has 0 fully saturated rings. The van der Waals surface area contributed by atoms with E-state index < -0.39 is 24.2 Å². The fourth-order valence-electron chi connectivity index (χ4n) is 2.88. The van der Waals surface area contributed by atoms with Crippen LogP contribution in [0.2, 0.25) is 0 Å². The summed E-state index contributed by atoms with van der Waals surface area (Å²) < 4.78 is 34.8. The van der Waals surface area contributed by atoms with Crippen LogP contribution in [0, 0.1) is 0 Å². The van der Waals surface area contributed by atoms with E-state index in [4.69, 9.17) is 9.47 Å². The number of benzene rings is 2. The maximum Gasteiger partial charge on any atom is 0.344 e. The Morgan fingerprint density at radius 3 is 2.54 bits per heavy atom. The van der Waals surface area contributed by atoms with Gasteiger partial charge in [0, 0.05) is 10.6 Å². The van der Waals surface area contributed by atoms with Crippen molar-refractivity contribution in [2.75, 3.05) is 18.5 Å². The second-order valence-electron chi connectivity index (χ2n) is 6.18. The quantitative estimate of drug-likeness (QED) is 0.528. The number of alkyl halides is 2. The van der Waals surface area contributed by atoms with E-state index in [9.17, 15) is 18.4 Å². The summed E-state index contributed by atoms with van der Waals surface area (Å²) in [5.74, 6) is -3.08. The van der Waals surface area contributed by atoms with Crippen LogP contribution in [-0.2, 0) is 27.2 Å². The predicted octanol–water partition coefficient (Wildman–Crippen LogP) is 4.05. The van der Waals surface area contributed by atoms with Crippen LogP contribution in [0.15, 0.2) is 47.4 Å². The molecule has 1 amide bonds. The zero-order valence-electron chi connectivity index (χ0n) is 15.0. The van der Waals surface area contributed by atoms with Crippen molar-refractivity contribution >= 4 is 29.3 Å². The van der Waals surface area contributed by atoms with Gasteiger partial charge in [0.1, 0.15) is 5.75 Å². The van der Waals surface area contributed by atoms with Crippen LogP contribution in [0.4, 0.5) is 14.5 Å². The van der Waals surface area contributed by atoms with Crippen molar-refractivity contribution in [3.05, 3.63) is 53.6 Å². The Morgan fingerprint density at radius 1 is 1.04 bits per heavy atom. The van der Waals surface area contributed by atoms with E-state index in [-0.39, 0.29) is 6.61 Å². The van der Waals surface area contributed by atoms with Gasteiger partial charge >= 0.3 is 5.97 Å². The Hall–Kier alpha value is -2.61. The summed E-state index contributed by atoms with van der Waals surface area (Å²) in [4.78, 5) is 24.0. The van der Waals surface area contributed by atoms with Crippen molar-refractivity contribution in [1.29, 1.82) is 0 Å². The summed E-state index contributed by atoms with van der Waals surface area (Å²) in [6.45, 7) is -0.745. The highest BCUT2D eigenvalue weighted by molar-refractivity contribution is 7.99. The molecule has 28 heavy (non-hydrogen) atoms. The molecule has 2 aromatic rings. The number of carbonyl (C=O) groups is 2. The van der Waals surface area contributed by atoms with Crippen LogP contribution >= 0.6 is 11.8 Å². The van der Waals surface area contributed by atoms with Crippen molar-refractivity contribution in [3.63, 3.8) is 0 Å². The van der Waals surface area contributed by atoms with E-state index in [1.54, 1.807) is 0 Å². The molecule has 3 rings (SSSR count). The molecule has 0 aromatic heterocycles. The van der Waals surface area contributed by atoms with E-state index in [1.165, 1.54) is 35.4 Å². The van der Waals surface area contributed by atoms with Gasteiger partial charge in [-0.25, -0.2) is 4.79 Å². The Morgan fingerprint density at radius 2 is 1.79 bits per heavy atom. The SMILES string of the molecule is O=C(COC(=O)COc1ccc2c(c1)CCC2)Nc1ccc(SC(F)F)cc1. The van der Waals surface area contributed by atoms with E-state index in [2.05, 4.69) is 5.32 Å². The molecule has 1 aliphatic carbocycles. The standard InChI is InChI=1S/C20H19F2NO4S/c21-20(22)28-17-8-5-15(6-9-17)23-18(24)11-27-19(25)12-26-16-7-4-13-2-1-3-14(13)10-16/h4-10,20H,1-3,11-12H2,(H,23,24). The van der Waals surface area contributed by atoms with Gasteiger partial charge in [0.05, 0.1) is 0 Å². The van der Waals surface area contributed by atoms with E-state index in [0.717, 1.165) is 19.3 Å². The third kappa shape index (κ3) is 5.95. The maximum absolute atomic E-state index is 12.3. The summed E-state index contributed by atoms with van der Waals surface area (Å²) in [5, 5.41) is 2.53. The van der Waals surface area contributed by atoms with Crippen LogP contribution in [0.25, 0.3) is 0 Å². The summed E-state index contributed by atoms with van der Waals surface area (Å²) in [6.07, 6.45) is 3.21. The lowest BCUT2D eigenvalue weighted by molar-refractivity contribution is -0.149. The van der Waals surface area contributed by atoms with Crippen LogP contribution in [0.1, 0.15) is 17.5 Å². The van der Waals surface area contributed by atoms with Gasteiger partial charge < -0.3 is 14.8 Å². The van der Waals surface area contributed by atoms with Crippen molar-refractivity contribution in [3.8, 4) is 5.75 Å². The summed E-state index contributed by atoms with van der Waals surface area (Å²) in [6, 6.07) is 11.7. The molecule has 1 N–H and O–H groups in total. The van der Waals surface area contributed by atoms with Crippen LogP contribution in [0.5, 0.6) is 5.75 Å². The van der Waals surface area contributed by atoms with Crippen molar-refractivity contribution < 1.29 is 27.8 Å². The molecule has 0 bridgehead atoms. The van der Waals surface area contributed by atoms with E-state index in [1.807, 2.05) is 18.2 Å². The molecular formula is C20H19F2NO4S. The third-order valence-corrected chi connectivity index (χ3v) is 4.88. The summed E-state index contributed by atoms with van der Waals surface area (Å²) >= 11 is 0.421. The Labute approximate surface area is 165 Å². The number of aryl methyl sites for hydroxylation is 2. The number of esters is 1. The van der Waals surface area contributed by atoms with Crippen molar-refractivity contribution in [1.82, 2.24) is 0 Å². The highest BCUT2D eigenvalue weighted by Gasteiger charge is 2.13. The minimum absolute atomic E-state index is 0.286. The largest absolute Gasteiger partial charge is 0.482 e. The Balaban J connectivity index is 1.38. The molecule has 148 valence electrons. The second kappa shape index (κ2) is 9.54. The second-order valence-corrected chi connectivity index (χ2v) is 7.25. The molecule has 0 spiro atoms. The number of thioether (sulfide) groups is 1. The maximum atomic E-state index is 12.3. The van der Waals surface area contributed by atoms with Crippen molar-refractivity contribution in [2.45, 2.75) is 29.9 Å². The molecule has 1 aliphatic rings. The Kier molecular flexibility index (Phi) is 6.86. The van der Waals surface area contributed by atoms with Gasteiger partial charge in [0.2, 0.25) is 0 Å². The van der Waals surface area contributed by atoms with Gasteiger partial charge in [-0.1, -0.05) is 17.8 Å². The Bertz CT molecular complexity index is 843. The number of hydrogen-bond acceptors (Lipinski definition) is 5. The van der Waals surface area contributed by atoms with Crippen LogP contribution < -0.4 is 10.1 Å². The van der Waals surface area contributed by atoms with Gasteiger partial charge in [0.15, 0.2) is 13.2 Å². The summed E-state index contributed by atoms with van der Waals surface area (Å²) in [7, 11) is 0. The van der Waals surface area contributed by atoms with Crippen LogP contribution in [0.3, 0.4) is 0 Å². The number of hydrogen-bond donors (Lipinski definition) is 1. The minimum Gasteiger partial charge on any atom is -0.482 e. The molecule has 0 saturated heterocycles. The highest BCUT2D eigenvalue weighted by atomic mass is 32.2. The number of amides is 1. The molecule has 8 heteroatoms. The number of rotatable bonds is 8. The zero-order valence-corrected chi connectivity index (χ0v) is 15.8. The molecular weight excluding hydrogens is 388 g/mol. The van der Waals surface area contributed by atoms with E-state index in [0.29, 0.717) is 28.1 Å². The van der Waals surface area contributed by atoms with Crippen LogP contribution in [-0.4, -0.2) is 30.8 Å². The molecule has 0 radical (unpaired) electrons. The van der Waals surface area contributed by atoms with Gasteiger partial charge in [-0.2, -0.15) is 8.78 Å². The molecule has 0 aliphatic heterocycles. The lowest BCUT2D eigenvalue weighted by Gasteiger charge is -2.09. The predicted molar refractivity (Wildman–Crippen MR) is 102 cm³/mol. The number of fused-ring (bicyclic) bond motifs is 1. The molecule has 0 saturated carbocycles. The van der Waals surface area contributed by atoms with Crippen molar-refractivity contribution in [2.24, 2.45) is 0 Å². The number of ether oxygens (including phenoxy) is 2. The van der Waals surface area contributed by atoms with E-state index >= 15 is 0 Å². The lowest BCUT2D eigenvalue weighted by Crippen LogP contribution is -2.23. The molecule has 2 aromatic carbocycles. The average molecular weight is 407 g/mol. The first-order chi connectivity index (χ1) is 13.5. The minimum atomic E-state index is -2.50. The first-order valence-electron chi connectivity index (χ1n) is 8.74. The lowest BCUT2D eigenvalue weighted by atomic mass is 10.1. The smallest absolute Gasteiger partial charge is 0.344 e. The van der Waals surface area contributed by atoms with Gasteiger partial charge in [-0.3, -0.25) is 4.79 Å². The van der Waals surface area contributed by atoms with Gasteiger partial charge in [0.25, 0.3) is 11.7 Å². The molecule has 0 heterocycles. The fourth-order valence-corrected chi connectivity index (χ4v) is 3.38. The molecule has 0 unspecified atom stereocenters. The number of halogens is 2. The zero-order chi connectivity index (χ0) is 19.9. The van der Waals surface area contributed by atoms with Gasteiger partial charge in [-0.05, 0) is 66.8 Å². The normalized spacial score (nSPS) is 12.5. The average Bonchev–Trinajstić information content (AvgIpc) is 3.13. The third-order valence-electron chi connectivity index (χ3n) is 4.15. The first-order valence-corrected chi connectivity index (χ1v) is 9.62. The monoisotopic (exact) mass is 407 g/mol. The number of anilines is 1. The highest BCUT2D eigenvalue weighted by Crippen LogP contribution is 2.27. The number of nitrogens with one attached hydrogen (secondary N) is 1. The topological polar surface area (TPSA) is 64.6 Å². The number of carbonyl (C=O) groups excluding carboxylic acids is 2. The van der Waals surface area contributed by atoms with Gasteiger partial charge in [-0.15, -0.1) is 0 Å². The first kappa shape index (κ1) is 20.1.